The zero-order valence-corrected chi connectivity index (χ0v) is 23.1. The van der Waals surface area contributed by atoms with Gasteiger partial charge >= 0.3 is 12.1 Å². The molecule has 0 saturated carbocycles. The van der Waals surface area contributed by atoms with Gasteiger partial charge in [-0.05, 0) is 104 Å². The van der Waals surface area contributed by atoms with E-state index in [4.69, 9.17) is 4.74 Å². The Bertz CT molecular complexity index is 1240. The van der Waals surface area contributed by atoms with E-state index in [0.717, 1.165) is 54.9 Å². The second kappa shape index (κ2) is 9.58. The molecule has 0 bridgehead atoms. The van der Waals surface area contributed by atoms with Crippen LogP contribution >= 0.6 is 0 Å². The van der Waals surface area contributed by atoms with Crippen molar-refractivity contribution in [1.82, 2.24) is 0 Å². The zero-order chi connectivity index (χ0) is 27.4. The van der Waals surface area contributed by atoms with Crippen molar-refractivity contribution in [2.45, 2.75) is 83.2 Å². The lowest BCUT2D eigenvalue weighted by molar-refractivity contribution is -0.137. The van der Waals surface area contributed by atoms with Gasteiger partial charge in [-0.15, -0.1) is 0 Å². The number of carboxylic acid groups (broad SMARTS) is 1. The molecule has 1 unspecified atom stereocenters. The molecule has 204 valence electrons. The van der Waals surface area contributed by atoms with Crippen LogP contribution in [0.4, 0.5) is 20.6 Å². The van der Waals surface area contributed by atoms with E-state index < -0.39 is 11.6 Å². The highest BCUT2D eigenvalue weighted by atomic mass is 19.1. The Hall–Kier alpha value is -3.09. The number of benzene rings is 2. The van der Waals surface area contributed by atoms with Gasteiger partial charge in [0.1, 0.15) is 11.4 Å². The van der Waals surface area contributed by atoms with Gasteiger partial charge in [0.15, 0.2) is 0 Å². The summed E-state index contributed by atoms with van der Waals surface area (Å²) < 4.78 is 20.0. The van der Waals surface area contributed by atoms with Crippen LogP contribution < -0.4 is 9.80 Å². The van der Waals surface area contributed by atoms with Gasteiger partial charge in [-0.25, -0.2) is 9.18 Å². The van der Waals surface area contributed by atoms with E-state index in [0.29, 0.717) is 12.5 Å². The predicted octanol–water partition coefficient (Wildman–Crippen LogP) is 6.82. The Kier molecular flexibility index (Phi) is 6.69. The van der Waals surface area contributed by atoms with Gasteiger partial charge in [0, 0.05) is 31.2 Å². The number of ether oxygens (including phenoxy) is 1. The maximum absolute atomic E-state index is 14.3. The summed E-state index contributed by atoms with van der Waals surface area (Å²) in [4.78, 5) is 28.6. The summed E-state index contributed by atoms with van der Waals surface area (Å²) in [5.74, 6) is -0.528. The highest BCUT2D eigenvalue weighted by Gasteiger charge is 2.46. The molecule has 1 fully saturated rings. The number of carbonyl (C=O) groups excluding carboxylic acids is 1. The summed E-state index contributed by atoms with van der Waals surface area (Å²) in [6.07, 6.45) is 2.25. The molecule has 2 atom stereocenters. The van der Waals surface area contributed by atoms with Gasteiger partial charge in [-0.3, -0.25) is 9.69 Å². The van der Waals surface area contributed by atoms with Crippen molar-refractivity contribution in [2.75, 3.05) is 29.4 Å². The van der Waals surface area contributed by atoms with Crippen LogP contribution in [0.25, 0.3) is 0 Å². The average molecular weight is 523 g/mol. The zero-order valence-electron chi connectivity index (χ0n) is 23.1. The Balaban J connectivity index is 1.37. The van der Waals surface area contributed by atoms with Gasteiger partial charge in [0.25, 0.3) is 0 Å². The molecule has 1 amide bonds. The Morgan fingerprint density at radius 2 is 1.82 bits per heavy atom. The molecule has 1 spiro atoms. The second-order valence-electron chi connectivity index (χ2n) is 12.7. The van der Waals surface area contributed by atoms with Crippen molar-refractivity contribution < 1.29 is 23.8 Å². The van der Waals surface area contributed by atoms with Gasteiger partial charge in [-0.1, -0.05) is 19.9 Å². The van der Waals surface area contributed by atoms with E-state index in [2.05, 4.69) is 30.9 Å². The van der Waals surface area contributed by atoms with Crippen LogP contribution in [0.3, 0.4) is 0 Å². The summed E-state index contributed by atoms with van der Waals surface area (Å²) >= 11 is 0. The SMILES string of the molecule is CC(C)C1CN(C(=O)OC(C)(C)C)c2ccc(N3CCC4(CC3)C[C@@H](CC(=O)O)c3ccc(F)cc34)cc21. The molecular formula is C31H39FN2O4. The number of nitrogens with zero attached hydrogens (tertiary/aromatic N) is 2. The predicted molar refractivity (Wildman–Crippen MR) is 147 cm³/mol. The smallest absolute Gasteiger partial charge is 0.414 e. The number of rotatable bonds is 4. The van der Waals surface area contributed by atoms with E-state index in [1.165, 1.54) is 11.6 Å². The fourth-order valence-corrected chi connectivity index (χ4v) is 6.83. The van der Waals surface area contributed by atoms with Crippen LogP contribution in [0.5, 0.6) is 0 Å². The van der Waals surface area contributed by atoms with Crippen molar-refractivity contribution in [3.8, 4) is 0 Å². The van der Waals surface area contributed by atoms with Crippen molar-refractivity contribution >= 4 is 23.4 Å². The molecule has 2 heterocycles. The summed E-state index contributed by atoms with van der Waals surface area (Å²) in [5.41, 5.74) is 4.51. The molecule has 2 aromatic carbocycles. The van der Waals surface area contributed by atoms with Crippen molar-refractivity contribution in [3.63, 3.8) is 0 Å². The summed E-state index contributed by atoms with van der Waals surface area (Å²) in [6.45, 7) is 12.3. The lowest BCUT2D eigenvalue weighted by Gasteiger charge is -2.41. The van der Waals surface area contributed by atoms with Crippen LogP contribution in [0.2, 0.25) is 0 Å². The molecule has 0 radical (unpaired) electrons. The topological polar surface area (TPSA) is 70.1 Å². The van der Waals surface area contributed by atoms with Crippen molar-refractivity contribution in [1.29, 1.82) is 0 Å². The number of hydrogen-bond acceptors (Lipinski definition) is 4. The van der Waals surface area contributed by atoms with Crippen LogP contribution in [0, 0.1) is 11.7 Å². The van der Waals surface area contributed by atoms with E-state index in [9.17, 15) is 19.1 Å². The summed E-state index contributed by atoms with van der Waals surface area (Å²) in [7, 11) is 0. The Morgan fingerprint density at radius 1 is 1.11 bits per heavy atom. The first-order chi connectivity index (χ1) is 17.9. The summed E-state index contributed by atoms with van der Waals surface area (Å²) in [5, 5.41) is 9.46. The minimum atomic E-state index is -0.807. The lowest BCUT2D eigenvalue weighted by Crippen LogP contribution is -2.41. The maximum Gasteiger partial charge on any atom is 0.414 e. The first-order valence-electron chi connectivity index (χ1n) is 13.8. The van der Waals surface area contributed by atoms with Crippen LogP contribution in [-0.2, 0) is 14.9 Å². The quantitative estimate of drug-likeness (QED) is 0.477. The second-order valence-corrected chi connectivity index (χ2v) is 12.7. The minimum Gasteiger partial charge on any atom is -0.481 e. The molecule has 3 aliphatic rings. The highest BCUT2D eigenvalue weighted by Crippen LogP contribution is 2.53. The molecule has 5 rings (SSSR count). The molecule has 2 aliphatic heterocycles. The van der Waals surface area contributed by atoms with Gasteiger partial charge in [-0.2, -0.15) is 0 Å². The van der Waals surface area contributed by atoms with Crippen molar-refractivity contribution in [3.05, 3.63) is 58.9 Å². The van der Waals surface area contributed by atoms with Crippen molar-refractivity contribution in [2.24, 2.45) is 5.92 Å². The highest BCUT2D eigenvalue weighted by molar-refractivity contribution is 5.91. The maximum atomic E-state index is 14.3. The number of anilines is 2. The first kappa shape index (κ1) is 26.5. The molecule has 0 aromatic heterocycles. The number of carbonyl (C=O) groups is 2. The fraction of sp³-hybridized carbons (Fsp3) is 0.548. The molecule has 1 saturated heterocycles. The molecule has 7 heteroatoms. The molecular weight excluding hydrogens is 483 g/mol. The fourth-order valence-electron chi connectivity index (χ4n) is 6.83. The van der Waals surface area contributed by atoms with E-state index in [1.54, 1.807) is 17.0 Å². The molecule has 1 N–H and O–H groups in total. The number of amides is 1. The number of hydrogen-bond donors (Lipinski definition) is 1. The number of aliphatic carboxylic acids is 1. The third-order valence-electron chi connectivity index (χ3n) is 8.67. The number of carboxylic acids is 1. The molecule has 38 heavy (non-hydrogen) atoms. The summed E-state index contributed by atoms with van der Waals surface area (Å²) in [6, 6.07) is 11.3. The van der Waals surface area contributed by atoms with Crippen LogP contribution in [0.1, 0.15) is 88.8 Å². The standard InChI is InChI=1S/C31H39FN2O4/c1-19(2)25-18-34(29(37)38-30(3,4)5)27-9-7-22(16-24(25)27)33-12-10-31(11-13-33)17-20(14-28(35)36)23-8-6-21(32)15-26(23)31/h6-9,15-16,19-20,25H,10-14,17-18H2,1-5H3,(H,35,36)/t20-,25?/m1/s1. The third-order valence-corrected chi connectivity index (χ3v) is 8.67. The largest absolute Gasteiger partial charge is 0.481 e. The van der Waals surface area contributed by atoms with Crippen LogP contribution in [0.15, 0.2) is 36.4 Å². The molecule has 6 nitrogen and oxygen atoms in total. The monoisotopic (exact) mass is 522 g/mol. The van der Waals surface area contributed by atoms with E-state index in [-0.39, 0.29) is 35.6 Å². The number of piperidine rings is 1. The van der Waals surface area contributed by atoms with E-state index in [1.807, 2.05) is 26.8 Å². The van der Waals surface area contributed by atoms with Crippen LogP contribution in [-0.4, -0.2) is 42.4 Å². The van der Waals surface area contributed by atoms with Gasteiger partial charge in [0.05, 0.1) is 12.1 Å². The Morgan fingerprint density at radius 3 is 2.45 bits per heavy atom. The number of halogens is 1. The van der Waals surface area contributed by atoms with E-state index >= 15 is 0 Å². The third kappa shape index (κ3) is 4.87. The molecule has 1 aliphatic carbocycles. The average Bonchev–Trinajstić information content (AvgIpc) is 3.34. The van der Waals surface area contributed by atoms with Gasteiger partial charge < -0.3 is 14.7 Å². The first-order valence-corrected chi connectivity index (χ1v) is 13.8. The minimum absolute atomic E-state index is 0.0692. The Labute approximate surface area is 224 Å². The number of fused-ring (bicyclic) bond motifs is 3. The lowest BCUT2D eigenvalue weighted by atomic mass is 9.73. The molecule has 2 aromatic rings. The normalized spacial score (nSPS) is 22.1. The van der Waals surface area contributed by atoms with Gasteiger partial charge in [0.2, 0.25) is 0 Å².